The molecule has 2 aromatic carbocycles. The maximum Gasteiger partial charge on any atom is 0.318 e. The van der Waals surface area contributed by atoms with Crippen molar-refractivity contribution in [3.63, 3.8) is 0 Å². The third-order valence-electron chi connectivity index (χ3n) is 7.44. The van der Waals surface area contributed by atoms with Gasteiger partial charge in [0.05, 0.1) is 0 Å². The molecule has 0 spiro atoms. The van der Waals surface area contributed by atoms with Crippen LogP contribution in [0.3, 0.4) is 0 Å². The van der Waals surface area contributed by atoms with Crippen LogP contribution < -0.4 is 10.2 Å². The van der Waals surface area contributed by atoms with Crippen molar-refractivity contribution in [2.24, 2.45) is 5.92 Å². The zero-order valence-corrected chi connectivity index (χ0v) is 21.1. The van der Waals surface area contributed by atoms with E-state index in [1.807, 2.05) is 29.7 Å². The van der Waals surface area contributed by atoms with Crippen molar-refractivity contribution in [2.75, 3.05) is 37.6 Å². The third kappa shape index (κ3) is 6.14. The summed E-state index contributed by atoms with van der Waals surface area (Å²) in [4.78, 5) is 19.2. The molecule has 0 unspecified atom stereocenters. The first-order valence-corrected chi connectivity index (χ1v) is 12.8. The molecular formula is C28H35F2N5O. The fourth-order valence-electron chi connectivity index (χ4n) is 5.53. The summed E-state index contributed by atoms with van der Waals surface area (Å²) < 4.78 is 28.2. The van der Waals surface area contributed by atoms with E-state index in [1.165, 1.54) is 17.7 Å². The van der Waals surface area contributed by atoms with Gasteiger partial charge in [-0.25, -0.2) is 13.6 Å². The van der Waals surface area contributed by atoms with Crippen LogP contribution >= 0.6 is 0 Å². The lowest BCUT2D eigenvalue weighted by atomic mass is 9.93. The molecule has 2 aliphatic rings. The monoisotopic (exact) mass is 495 g/mol. The van der Waals surface area contributed by atoms with E-state index in [9.17, 15) is 13.6 Å². The molecule has 2 heterocycles. The number of benzene rings is 2. The van der Waals surface area contributed by atoms with E-state index >= 15 is 0 Å². The van der Waals surface area contributed by atoms with Crippen LogP contribution in [-0.4, -0.2) is 60.6 Å². The van der Waals surface area contributed by atoms with Gasteiger partial charge in [0.25, 0.3) is 0 Å². The van der Waals surface area contributed by atoms with E-state index in [0.29, 0.717) is 31.2 Å². The first kappa shape index (κ1) is 25.9. The van der Waals surface area contributed by atoms with Crippen molar-refractivity contribution < 1.29 is 13.6 Å². The summed E-state index contributed by atoms with van der Waals surface area (Å²) in [6.07, 6.45) is 3.26. The van der Waals surface area contributed by atoms with Gasteiger partial charge in [-0.2, -0.15) is 5.26 Å². The number of piperidine rings is 1. The average Bonchev–Trinajstić information content (AvgIpc) is 2.85. The number of hydrogen-bond acceptors (Lipinski definition) is 4. The predicted octanol–water partition coefficient (Wildman–Crippen LogP) is 4.75. The maximum atomic E-state index is 14.1. The SMILES string of the molecule is C[C@@H]1CN(c2cc(F)c(C#N)c(F)c2)C[C@H](C)N1C(=O)NCCC1CCN(Cc2ccccc2)CC1. The van der Waals surface area contributed by atoms with E-state index in [1.54, 1.807) is 6.07 Å². The van der Waals surface area contributed by atoms with Crippen LogP contribution in [0.5, 0.6) is 0 Å². The van der Waals surface area contributed by atoms with Crippen LogP contribution in [0.25, 0.3) is 0 Å². The second-order valence-corrected chi connectivity index (χ2v) is 10.1. The number of carbonyl (C=O) groups excluding carboxylic acids is 1. The summed E-state index contributed by atoms with van der Waals surface area (Å²) in [7, 11) is 0. The highest BCUT2D eigenvalue weighted by molar-refractivity contribution is 5.75. The molecular weight excluding hydrogens is 460 g/mol. The van der Waals surface area contributed by atoms with Gasteiger partial charge < -0.3 is 15.1 Å². The van der Waals surface area contributed by atoms with Gasteiger partial charge in [-0.1, -0.05) is 30.3 Å². The Balaban J connectivity index is 1.22. The molecule has 2 amide bonds. The van der Waals surface area contributed by atoms with Crippen LogP contribution in [-0.2, 0) is 6.54 Å². The molecule has 2 aromatic rings. The standard InChI is InChI=1S/C28H35F2N5O/c1-20-17-34(24-14-26(29)25(16-31)27(30)15-24)18-21(2)35(20)28(36)32-11-8-22-9-12-33(13-10-22)19-23-6-4-3-5-7-23/h3-7,14-15,20-22H,8-13,17-19H2,1-2H3,(H,32,36)/t20-,21+. The van der Waals surface area contributed by atoms with Crippen LogP contribution in [0, 0.1) is 28.9 Å². The van der Waals surface area contributed by atoms with Gasteiger partial charge in [-0.3, -0.25) is 4.90 Å². The largest absolute Gasteiger partial charge is 0.367 e. The van der Waals surface area contributed by atoms with Gasteiger partial charge in [0, 0.05) is 44.0 Å². The van der Waals surface area contributed by atoms with Crippen LogP contribution in [0.15, 0.2) is 42.5 Å². The molecule has 6 nitrogen and oxygen atoms in total. The normalized spacial score (nSPS) is 21.3. The van der Waals surface area contributed by atoms with E-state index in [4.69, 9.17) is 5.26 Å². The number of carbonyl (C=O) groups is 1. The van der Waals surface area contributed by atoms with E-state index in [-0.39, 0.29) is 18.1 Å². The van der Waals surface area contributed by atoms with Crippen molar-refractivity contribution in [3.05, 3.63) is 65.2 Å². The Morgan fingerprint density at radius 2 is 1.67 bits per heavy atom. The number of halogens is 2. The van der Waals surface area contributed by atoms with Gasteiger partial charge in [0.15, 0.2) is 0 Å². The summed E-state index contributed by atoms with van der Waals surface area (Å²) in [5, 5.41) is 12.0. The quantitative estimate of drug-likeness (QED) is 0.629. The van der Waals surface area contributed by atoms with Gasteiger partial charge in [-0.15, -0.1) is 0 Å². The molecule has 0 bridgehead atoms. The fourth-order valence-corrected chi connectivity index (χ4v) is 5.53. The molecule has 0 aliphatic carbocycles. The van der Waals surface area contributed by atoms with Crippen LogP contribution in [0.4, 0.5) is 19.3 Å². The van der Waals surface area contributed by atoms with E-state index in [0.717, 1.165) is 38.9 Å². The molecule has 192 valence electrons. The topological polar surface area (TPSA) is 62.6 Å². The Hall–Kier alpha value is -3.18. The first-order chi connectivity index (χ1) is 17.4. The highest BCUT2D eigenvalue weighted by atomic mass is 19.1. The zero-order valence-electron chi connectivity index (χ0n) is 21.1. The number of nitrogens with one attached hydrogen (secondary N) is 1. The Bertz CT molecular complexity index is 1050. The molecule has 8 heteroatoms. The summed E-state index contributed by atoms with van der Waals surface area (Å²) >= 11 is 0. The molecule has 36 heavy (non-hydrogen) atoms. The summed E-state index contributed by atoms with van der Waals surface area (Å²) in [6, 6.07) is 14.2. The number of amides is 2. The second kappa shape index (κ2) is 11.7. The molecule has 4 rings (SSSR count). The lowest BCUT2D eigenvalue weighted by Crippen LogP contribution is -2.61. The smallest absolute Gasteiger partial charge is 0.318 e. The highest BCUT2D eigenvalue weighted by Crippen LogP contribution is 2.26. The van der Waals surface area contributed by atoms with Crippen molar-refractivity contribution in [1.82, 2.24) is 15.1 Å². The van der Waals surface area contributed by atoms with Crippen LogP contribution in [0.2, 0.25) is 0 Å². The number of nitrogens with zero attached hydrogens (tertiary/aromatic N) is 4. The second-order valence-electron chi connectivity index (χ2n) is 10.1. The van der Waals surface area contributed by atoms with Crippen molar-refractivity contribution in [2.45, 2.75) is 51.7 Å². The highest BCUT2D eigenvalue weighted by Gasteiger charge is 2.33. The molecule has 2 saturated heterocycles. The average molecular weight is 496 g/mol. The molecule has 0 saturated carbocycles. The molecule has 2 aliphatic heterocycles. The third-order valence-corrected chi connectivity index (χ3v) is 7.44. The Kier molecular flexibility index (Phi) is 8.42. The molecule has 0 radical (unpaired) electrons. The Morgan fingerprint density at radius 1 is 1.06 bits per heavy atom. The minimum Gasteiger partial charge on any atom is -0.367 e. The summed E-state index contributed by atoms with van der Waals surface area (Å²) in [5.74, 6) is -1.11. The Morgan fingerprint density at radius 3 is 2.25 bits per heavy atom. The number of rotatable bonds is 6. The number of nitriles is 1. The molecule has 0 aromatic heterocycles. The van der Waals surface area contributed by atoms with E-state index < -0.39 is 17.2 Å². The number of hydrogen-bond donors (Lipinski definition) is 1. The zero-order chi connectivity index (χ0) is 25.7. The number of anilines is 1. The molecule has 2 fully saturated rings. The summed E-state index contributed by atoms with van der Waals surface area (Å²) in [6.45, 7) is 8.62. The van der Waals surface area contributed by atoms with Gasteiger partial charge in [-0.05, 0) is 69.8 Å². The van der Waals surface area contributed by atoms with E-state index in [2.05, 4.69) is 34.5 Å². The Labute approximate surface area is 212 Å². The number of piperazine rings is 1. The lowest BCUT2D eigenvalue weighted by Gasteiger charge is -2.45. The van der Waals surface area contributed by atoms with Gasteiger partial charge in [0.1, 0.15) is 23.3 Å². The first-order valence-electron chi connectivity index (χ1n) is 12.8. The van der Waals surface area contributed by atoms with Crippen LogP contribution in [0.1, 0.15) is 44.2 Å². The molecule has 1 N–H and O–H groups in total. The number of likely N-dealkylation sites (tertiary alicyclic amines) is 1. The van der Waals surface area contributed by atoms with Crippen molar-refractivity contribution in [1.29, 1.82) is 5.26 Å². The predicted molar refractivity (Wildman–Crippen MR) is 137 cm³/mol. The van der Waals surface area contributed by atoms with Gasteiger partial charge >= 0.3 is 6.03 Å². The number of urea groups is 1. The molecule has 2 atom stereocenters. The maximum absolute atomic E-state index is 14.1. The fraction of sp³-hybridized carbons (Fsp3) is 0.500. The van der Waals surface area contributed by atoms with Gasteiger partial charge in [0.2, 0.25) is 0 Å². The minimum atomic E-state index is -0.862. The minimum absolute atomic E-state index is 0.0895. The van der Waals surface area contributed by atoms with Crippen molar-refractivity contribution in [3.8, 4) is 6.07 Å². The lowest BCUT2D eigenvalue weighted by molar-refractivity contribution is 0.139. The van der Waals surface area contributed by atoms with Crippen molar-refractivity contribution >= 4 is 11.7 Å². The summed E-state index contributed by atoms with van der Waals surface area (Å²) in [5.41, 5.74) is 1.17.